The van der Waals surface area contributed by atoms with E-state index in [0.29, 0.717) is 11.4 Å². The first-order valence-electron chi connectivity index (χ1n) is 19.3. The number of rotatable bonds is 5. The maximum atomic E-state index is 9.28. The van der Waals surface area contributed by atoms with Crippen LogP contribution in [0.4, 0.5) is 0 Å². The van der Waals surface area contributed by atoms with Gasteiger partial charge in [-0.25, -0.2) is 9.97 Å². The average molecular weight is 741 g/mol. The standard InChI is InChI=1S/C53H32N4O/c54-32-34-19-21-35(22-20-34)40-25-28-47(55-33-40)38-23-26-41-42-27-24-39(52-56-48(36-11-3-1-4-12-36)31-49(57-52)37-13-5-2-6-14-37)30-46(42)53(45(41)29-38)43-15-7-9-17-50(43)58-51-18-10-8-16-44(51)53/h1-31,33H. The predicted molar refractivity (Wildman–Crippen MR) is 229 cm³/mol. The maximum Gasteiger partial charge on any atom is 0.160 e. The van der Waals surface area contributed by atoms with Gasteiger partial charge in [-0.15, -0.1) is 0 Å². The van der Waals surface area contributed by atoms with Crippen molar-refractivity contribution < 1.29 is 4.74 Å². The van der Waals surface area contributed by atoms with Crippen LogP contribution in [0.15, 0.2) is 194 Å². The zero-order valence-corrected chi connectivity index (χ0v) is 31.2. The van der Waals surface area contributed by atoms with Crippen molar-refractivity contribution in [2.45, 2.75) is 5.41 Å². The van der Waals surface area contributed by atoms with Crippen molar-refractivity contribution in [3.63, 3.8) is 0 Å². The van der Waals surface area contributed by atoms with E-state index in [1.54, 1.807) is 0 Å². The van der Waals surface area contributed by atoms with E-state index in [0.717, 1.165) is 89.8 Å². The number of aromatic nitrogens is 3. The number of nitrogens with zero attached hydrogens (tertiary/aromatic N) is 4. The van der Waals surface area contributed by atoms with E-state index < -0.39 is 5.41 Å². The van der Waals surface area contributed by atoms with Crippen molar-refractivity contribution in [1.29, 1.82) is 5.26 Å². The Balaban J connectivity index is 1.12. The third-order valence-electron chi connectivity index (χ3n) is 11.5. The molecule has 1 aliphatic carbocycles. The first kappa shape index (κ1) is 33.4. The van der Waals surface area contributed by atoms with E-state index in [9.17, 15) is 5.26 Å². The highest BCUT2D eigenvalue weighted by atomic mass is 16.5. The molecular weight excluding hydrogens is 709 g/mol. The highest BCUT2D eigenvalue weighted by Crippen LogP contribution is 2.62. The Morgan fingerprint density at radius 2 is 0.931 bits per heavy atom. The van der Waals surface area contributed by atoms with Gasteiger partial charge in [0.15, 0.2) is 5.82 Å². The van der Waals surface area contributed by atoms with Crippen molar-refractivity contribution in [2.24, 2.45) is 0 Å². The Bertz CT molecular complexity index is 2980. The average Bonchev–Trinajstić information content (AvgIpc) is 3.58. The topological polar surface area (TPSA) is 71.7 Å². The number of ether oxygens (including phenoxy) is 1. The molecule has 7 aromatic carbocycles. The van der Waals surface area contributed by atoms with Crippen LogP contribution in [0.1, 0.15) is 27.8 Å². The van der Waals surface area contributed by atoms with Crippen LogP contribution in [0, 0.1) is 11.3 Å². The maximum absolute atomic E-state index is 9.28. The highest BCUT2D eigenvalue weighted by molar-refractivity contribution is 5.91. The fraction of sp³-hybridized carbons (Fsp3) is 0.0189. The molecule has 0 fully saturated rings. The number of benzene rings is 7. The number of pyridine rings is 1. The second-order valence-corrected chi connectivity index (χ2v) is 14.7. The van der Waals surface area contributed by atoms with E-state index in [2.05, 4.69) is 121 Å². The van der Waals surface area contributed by atoms with Crippen LogP contribution in [0.5, 0.6) is 11.5 Å². The summed E-state index contributed by atoms with van der Waals surface area (Å²) in [5.74, 6) is 2.32. The molecule has 0 bridgehead atoms. The molecule has 0 unspecified atom stereocenters. The van der Waals surface area contributed by atoms with Crippen LogP contribution in [0.25, 0.3) is 67.4 Å². The molecule has 0 saturated heterocycles. The molecule has 270 valence electrons. The monoisotopic (exact) mass is 740 g/mol. The van der Waals surface area contributed by atoms with Crippen LogP contribution < -0.4 is 4.74 Å². The molecule has 11 rings (SSSR count). The number of nitriles is 1. The van der Waals surface area contributed by atoms with Crippen LogP contribution in [-0.2, 0) is 5.41 Å². The van der Waals surface area contributed by atoms with E-state index in [4.69, 9.17) is 19.7 Å². The third-order valence-corrected chi connectivity index (χ3v) is 11.5. The summed E-state index contributed by atoms with van der Waals surface area (Å²) in [4.78, 5) is 15.4. The Hall–Kier alpha value is -7.94. The van der Waals surface area contributed by atoms with E-state index in [1.165, 1.54) is 5.56 Å². The summed E-state index contributed by atoms with van der Waals surface area (Å²) < 4.78 is 6.67. The summed E-state index contributed by atoms with van der Waals surface area (Å²) in [6.07, 6.45) is 1.91. The second kappa shape index (κ2) is 13.4. The minimum absolute atomic E-state index is 0.634. The lowest BCUT2D eigenvalue weighted by atomic mass is 9.65. The Morgan fingerprint density at radius 3 is 1.50 bits per heavy atom. The van der Waals surface area contributed by atoms with Crippen LogP contribution in [-0.4, -0.2) is 15.0 Å². The van der Waals surface area contributed by atoms with Gasteiger partial charge in [0, 0.05) is 45.1 Å². The Morgan fingerprint density at radius 1 is 0.414 bits per heavy atom. The molecule has 0 saturated carbocycles. The normalized spacial score (nSPS) is 12.7. The lowest BCUT2D eigenvalue weighted by Crippen LogP contribution is -2.32. The lowest BCUT2D eigenvalue weighted by Gasteiger charge is -2.39. The van der Waals surface area contributed by atoms with E-state index in [1.807, 2.05) is 79.0 Å². The second-order valence-electron chi connectivity index (χ2n) is 14.7. The van der Waals surface area contributed by atoms with Crippen molar-refractivity contribution in [2.75, 3.05) is 0 Å². The molecule has 58 heavy (non-hydrogen) atoms. The van der Waals surface area contributed by atoms with Gasteiger partial charge in [0.25, 0.3) is 0 Å². The number of para-hydroxylation sites is 2. The summed E-state index contributed by atoms with van der Waals surface area (Å²) in [5, 5.41) is 9.28. The Kier molecular flexibility index (Phi) is 7.70. The highest BCUT2D eigenvalue weighted by Gasteiger charge is 2.51. The molecule has 0 radical (unpaired) electrons. The van der Waals surface area contributed by atoms with Crippen molar-refractivity contribution >= 4 is 0 Å². The number of hydrogen-bond donors (Lipinski definition) is 0. The first-order chi connectivity index (χ1) is 28.7. The van der Waals surface area contributed by atoms with Gasteiger partial charge in [-0.2, -0.15) is 5.26 Å². The molecule has 0 N–H and O–H groups in total. The van der Waals surface area contributed by atoms with E-state index >= 15 is 0 Å². The van der Waals surface area contributed by atoms with Gasteiger partial charge < -0.3 is 4.74 Å². The van der Waals surface area contributed by atoms with Crippen molar-refractivity contribution in [3.05, 3.63) is 222 Å². The van der Waals surface area contributed by atoms with Gasteiger partial charge in [0.1, 0.15) is 11.5 Å². The van der Waals surface area contributed by atoms with Crippen molar-refractivity contribution in [3.8, 4) is 85.0 Å². The molecule has 0 atom stereocenters. The van der Waals surface area contributed by atoms with Gasteiger partial charge in [0.05, 0.1) is 34.1 Å². The van der Waals surface area contributed by atoms with Crippen LogP contribution in [0.2, 0.25) is 0 Å². The minimum atomic E-state index is -0.705. The molecule has 9 aromatic rings. The molecule has 0 amide bonds. The summed E-state index contributed by atoms with van der Waals surface area (Å²) in [5.41, 5.74) is 15.4. The summed E-state index contributed by atoms with van der Waals surface area (Å²) in [6.45, 7) is 0. The molecule has 3 heterocycles. The number of hydrogen-bond acceptors (Lipinski definition) is 5. The zero-order valence-electron chi connectivity index (χ0n) is 31.2. The molecule has 5 nitrogen and oxygen atoms in total. The van der Waals surface area contributed by atoms with Gasteiger partial charge >= 0.3 is 0 Å². The van der Waals surface area contributed by atoms with Crippen molar-refractivity contribution in [1.82, 2.24) is 15.0 Å². The lowest BCUT2D eigenvalue weighted by molar-refractivity contribution is 0.436. The molecule has 5 heteroatoms. The largest absolute Gasteiger partial charge is 0.457 e. The third kappa shape index (κ3) is 5.27. The van der Waals surface area contributed by atoms with Crippen LogP contribution >= 0.6 is 0 Å². The zero-order chi connectivity index (χ0) is 38.6. The van der Waals surface area contributed by atoms with Crippen LogP contribution in [0.3, 0.4) is 0 Å². The molecule has 1 spiro atoms. The SMILES string of the molecule is N#Cc1ccc(-c2ccc(-c3ccc4c(c3)C3(c5ccccc5Oc5ccccc53)c3cc(-c5nc(-c6ccccc6)cc(-c6ccccc6)n5)ccc3-4)nc2)cc1. The van der Waals surface area contributed by atoms with Gasteiger partial charge in [-0.3, -0.25) is 4.98 Å². The van der Waals surface area contributed by atoms with Gasteiger partial charge in [-0.1, -0.05) is 140 Å². The fourth-order valence-corrected chi connectivity index (χ4v) is 8.76. The summed E-state index contributed by atoms with van der Waals surface area (Å²) in [7, 11) is 0. The summed E-state index contributed by atoms with van der Waals surface area (Å²) >= 11 is 0. The fourth-order valence-electron chi connectivity index (χ4n) is 8.76. The number of fused-ring (bicyclic) bond motifs is 9. The molecule has 2 aliphatic rings. The molecule has 2 aromatic heterocycles. The smallest absolute Gasteiger partial charge is 0.160 e. The summed E-state index contributed by atoms with van der Waals surface area (Å²) in [6, 6.07) is 66.9. The predicted octanol–water partition coefficient (Wildman–Crippen LogP) is 12.5. The van der Waals surface area contributed by atoms with Gasteiger partial charge in [0.2, 0.25) is 0 Å². The minimum Gasteiger partial charge on any atom is -0.457 e. The quantitative estimate of drug-likeness (QED) is 0.176. The van der Waals surface area contributed by atoms with Gasteiger partial charge in [-0.05, 0) is 76.3 Å². The Labute approximate surface area is 336 Å². The molecule has 1 aliphatic heterocycles. The first-order valence-corrected chi connectivity index (χ1v) is 19.3. The molecular formula is C53H32N4O. The van der Waals surface area contributed by atoms with E-state index in [-0.39, 0.29) is 0 Å².